The van der Waals surface area contributed by atoms with Gasteiger partial charge in [0.1, 0.15) is 11.5 Å². The van der Waals surface area contributed by atoms with Crippen LogP contribution in [0.3, 0.4) is 0 Å². The van der Waals surface area contributed by atoms with E-state index in [9.17, 15) is 0 Å². The van der Waals surface area contributed by atoms with Crippen molar-refractivity contribution in [1.82, 2.24) is 0 Å². The summed E-state index contributed by atoms with van der Waals surface area (Å²) in [5.74, 6) is 5.88. The van der Waals surface area contributed by atoms with Gasteiger partial charge >= 0.3 is 0 Å². The molecule has 2 fully saturated rings. The third kappa shape index (κ3) is 16.0. The number of benzene rings is 1. The van der Waals surface area contributed by atoms with Crippen LogP contribution in [0.1, 0.15) is 181 Å². The molecular weight excluding hydrogens is 512 g/mol. The van der Waals surface area contributed by atoms with E-state index < -0.39 is 0 Å². The average Bonchev–Trinajstić information content (AvgIpc) is 3.03. The van der Waals surface area contributed by atoms with E-state index in [1.54, 1.807) is 0 Å². The van der Waals surface area contributed by atoms with E-state index in [1.165, 1.54) is 167 Å². The van der Waals surface area contributed by atoms with Crippen LogP contribution in [-0.4, -0.2) is 13.2 Å². The molecule has 0 unspecified atom stereocenters. The first-order valence-corrected chi connectivity index (χ1v) is 19.1. The first-order chi connectivity index (χ1) is 20.8. The van der Waals surface area contributed by atoms with Gasteiger partial charge in [-0.25, -0.2) is 0 Å². The molecule has 2 aliphatic rings. The van der Waals surface area contributed by atoms with Gasteiger partial charge in [0.05, 0.1) is 13.2 Å². The van der Waals surface area contributed by atoms with Gasteiger partial charge in [-0.3, -0.25) is 0 Å². The topological polar surface area (TPSA) is 18.5 Å². The van der Waals surface area contributed by atoms with E-state index >= 15 is 0 Å². The van der Waals surface area contributed by atoms with Crippen LogP contribution in [-0.2, 0) is 0 Å². The smallest absolute Gasteiger partial charge is 0.119 e. The number of rotatable bonds is 24. The summed E-state index contributed by atoms with van der Waals surface area (Å²) in [7, 11) is 0. The highest BCUT2D eigenvalue weighted by atomic mass is 16.5. The summed E-state index contributed by atoms with van der Waals surface area (Å²) in [6.07, 6.45) is 37.0. The molecule has 0 atom stereocenters. The van der Waals surface area contributed by atoms with Crippen LogP contribution in [0.4, 0.5) is 0 Å². The Balaban J connectivity index is 1.13. The largest absolute Gasteiger partial charge is 0.494 e. The molecule has 0 radical (unpaired) electrons. The Morgan fingerprint density at radius 2 is 0.690 bits per heavy atom. The summed E-state index contributed by atoms with van der Waals surface area (Å²) in [4.78, 5) is 0. The van der Waals surface area contributed by atoms with Gasteiger partial charge in [0, 0.05) is 0 Å². The highest BCUT2D eigenvalue weighted by Crippen LogP contribution is 2.35. The van der Waals surface area contributed by atoms with Gasteiger partial charge in [-0.2, -0.15) is 0 Å². The van der Waals surface area contributed by atoms with Crippen LogP contribution in [0.2, 0.25) is 0 Å². The zero-order valence-corrected chi connectivity index (χ0v) is 28.2. The third-order valence-electron chi connectivity index (χ3n) is 10.7. The molecule has 1 aromatic rings. The van der Waals surface area contributed by atoms with Gasteiger partial charge < -0.3 is 9.47 Å². The first-order valence-electron chi connectivity index (χ1n) is 19.1. The number of hydrogen-bond donors (Lipinski definition) is 0. The van der Waals surface area contributed by atoms with Crippen LogP contribution in [0.25, 0.3) is 0 Å². The molecule has 242 valence electrons. The Bertz CT molecular complexity index is 664. The molecule has 0 N–H and O–H groups in total. The predicted octanol–water partition coefficient (Wildman–Crippen LogP) is 13.1. The first kappa shape index (κ1) is 35.3. The molecule has 2 aliphatic carbocycles. The van der Waals surface area contributed by atoms with Gasteiger partial charge in [-0.1, -0.05) is 155 Å². The van der Waals surface area contributed by atoms with Crippen LogP contribution in [0, 0.1) is 23.7 Å². The Hall–Kier alpha value is -1.18. The number of hydrogen-bond acceptors (Lipinski definition) is 2. The Morgan fingerprint density at radius 3 is 1.02 bits per heavy atom. The number of ether oxygens (including phenoxy) is 2. The highest BCUT2D eigenvalue weighted by molar-refractivity contribution is 5.31. The van der Waals surface area contributed by atoms with E-state index in [1.807, 2.05) is 0 Å². The lowest BCUT2D eigenvalue weighted by Crippen LogP contribution is -2.15. The van der Waals surface area contributed by atoms with Crippen LogP contribution < -0.4 is 9.47 Å². The van der Waals surface area contributed by atoms with Crippen molar-refractivity contribution in [2.24, 2.45) is 23.7 Å². The van der Waals surface area contributed by atoms with Crippen LogP contribution in [0.15, 0.2) is 24.3 Å². The highest BCUT2D eigenvalue weighted by Gasteiger charge is 2.21. The molecule has 0 bridgehead atoms. The van der Waals surface area contributed by atoms with E-state index in [4.69, 9.17) is 9.47 Å². The minimum Gasteiger partial charge on any atom is -0.494 e. The molecular formula is C40H70O2. The lowest BCUT2D eigenvalue weighted by molar-refractivity contribution is 0.226. The van der Waals surface area contributed by atoms with Crippen molar-refractivity contribution in [3.8, 4) is 11.5 Å². The normalized spacial score (nSPS) is 22.7. The van der Waals surface area contributed by atoms with Gasteiger partial charge in [0.25, 0.3) is 0 Å². The molecule has 0 heterocycles. The minimum absolute atomic E-state index is 0.846. The van der Waals surface area contributed by atoms with Crippen molar-refractivity contribution in [1.29, 1.82) is 0 Å². The quantitative estimate of drug-likeness (QED) is 0.113. The molecule has 3 rings (SSSR count). The van der Waals surface area contributed by atoms with Crippen molar-refractivity contribution in [2.75, 3.05) is 13.2 Å². The zero-order valence-electron chi connectivity index (χ0n) is 28.2. The second kappa shape index (κ2) is 23.2. The SMILES string of the molecule is CCCCCCCCC1CCC(CCCOc2ccc(OCCCC3CCC(CCCCCCCC)CC3)cc2)CC1. The molecule has 42 heavy (non-hydrogen) atoms. The van der Waals surface area contributed by atoms with Crippen LogP contribution >= 0.6 is 0 Å². The molecule has 2 saturated carbocycles. The van der Waals surface area contributed by atoms with Crippen molar-refractivity contribution in [2.45, 2.75) is 181 Å². The van der Waals surface area contributed by atoms with Gasteiger partial charge in [0.2, 0.25) is 0 Å². The fourth-order valence-corrected chi connectivity index (χ4v) is 7.80. The second-order valence-corrected chi connectivity index (χ2v) is 14.3. The Kier molecular flexibility index (Phi) is 19.5. The summed E-state index contributed by atoms with van der Waals surface area (Å²) in [6, 6.07) is 8.36. The Labute approximate surface area is 262 Å². The third-order valence-corrected chi connectivity index (χ3v) is 10.7. The summed E-state index contributed by atoms with van der Waals surface area (Å²) in [5, 5.41) is 0. The van der Waals surface area contributed by atoms with E-state index in [2.05, 4.69) is 38.1 Å². The maximum atomic E-state index is 6.07. The minimum atomic E-state index is 0.846. The standard InChI is InChI=1S/C40H70O2/c1-3-5-7-9-11-13-17-35-21-25-37(26-22-35)19-15-33-41-39-29-31-40(32-30-39)42-34-16-20-38-27-23-36(24-28-38)18-14-12-10-8-6-4-2/h29-32,35-38H,3-28,33-34H2,1-2H3. The van der Waals surface area contributed by atoms with E-state index in [-0.39, 0.29) is 0 Å². The summed E-state index contributed by atoms with van der Waals surface area (Å²) >= 11 is 0. The average molecular weight is 583 g/mol. The molecule has 2 heteroatoms. The monoisotopic (exact) mass is 583 g/mol. The summed E-state index contributed by atoms with van der Waals surface area (Å²) in [5.41, 5.74) is 0. The number of unbranched alkanes of at least 4 members (excludes halogenated alkanes) is 10. The van der Waals surface area contributed by atoms with E-state index in [0.717, 1.165) is 48.4 Å². The maximum absolute atomic E-state index is 6.07. The molecule has 1 aromatic carbocycles. The Morgan fingerprint density at radius 1 is 0.405 bits per heavy atom. The fourth-order valence-electron chi connectivity index (χ4n) is 7.80. The van der Waals surface area contributed by atoms with Gasteiger partial charge in [0.15, 0.2) is 0 Å². The van der Waals surface area contributed by atoms with Crippen molar-refractivity contribution >= 4 is 0 Å². The predicted molar refractivity (Wildman–Crippen MR) is 183 cm³/mol. The lowest BCUT2D eigenvalue weighted by atomic mass is 9.78. The molecule has 0 amide bonds. The molecule has 0 saturated heterocycles. The summed E-state index contributed by atoms with van der Waals surface area (Å²) in [6.45, 7) is 6.31. The van der Waals surface area contributed by atoms with Crippen molar-refractivity contribution in [3.63, 3.8) is 0 Å². The molecule has 0 aliphatic heterocycles. The second-order valence-electron chi connectivity index (χ2n) is 14.3. The maximum Gasteiger partial charge on any atom is 0.119 e. The van der Waals surface area contributed by atoms with Crippen molar-refractivity contribution < 1.29 is 9.47 Å². The van der Waals surface area contributed by atoms with Crippen LogP contribution in [0.5, 0.6) is 11.5 Å². The van der Waals surface area contributed by atoms with E-state index in [0.29, 0.717) is 0 Å². The van der Waals surface area contributed by atoms with Gasteiger partial charge in [-0.05, 0) is 73.6 Å². The fraction of sp³-hybridized carbons (Fsp3) is 0.850. The molecule has 0 spiro atoms. The molecule has 2 nitrogen and oxygen atoms in total. The van der Waals surface area contributed by atoms with Crippen molar-refractivity contribution in [3.05, 3.63) is 24.3 Å². The lowest BCUT2D eigenvalue weighted by Gasteiger charge is -2.28. The summed E-state index contributed by atoms with van der Waals surface area (Å²) < 4.78 is 12.1. The van der Waals surface area contributed by atoms with Gasteiger partial charge in [-0.15, -0.1) is 0 Å². The zero-order chi connectivity index (χ0) is 29.5. The molecule has 0 aromatic heterocycles.